The third-order valence-electron chi connectivity index (χ3n) is 2.98. The summed E-state index contributed by atoms with van der Waals surface area (Å²) in [6.07, 6.45) is 4.62. The van der Waals surface area contributed by atoms with Gasteiger partial charge in [0, 0.05) is 18.1 Å². The summed E-state index contributed by atoms with van der Waals surface area (Å²) in [7, 11) is 0. The number of aromatic nitrogens is 2. The van der Waals surface area contributed by atoms with E-state index >= 15 is 0 Å². The Labute approximate surface area is 111 Å². The molecule has 0 fully saturated rings. The molecule has 0 saturated carbocycles. The van der Waals surface area contributed by atoms with E-state index in [-0.39, 0.29) is 0 Å². The normalized spacial score (nSPS) is 13.6. The number of nitrogens with zero attached hydrogens (tertiary/aromatic N) is 2. The van der Waals surface area contributed by atoms with E-state index < -0.39 is 11.4 Å². The van der Waals surface area contributed by atoms with Gasteiger partial charge in [0.15, 0.2) is 5.54 Å². The fraction of sp³-hybridized carbons (Fsp3) is 0.214. The van der Waals surface area contributed by atoms with E-state index in [2.05, 4.69) is 15.3 Å². The molecule has 0 bridgehead atoms. The number of aryl methyl sites for hydroxylation is 1. The predicted molar refractivity (Wildman–Crippen MR) is 73.4 cm³/mol. The predicted octanol–water partition coefficient (Wildman–Crippen LogP) is 1.60. The molecule has 0 aliphatic rings. The molecule has 1 amide bonds. The first-order valence-electron chi connectivity index (χ1n) is 5.93. The Morgan fingerprint density at radius 1 is 1.37 bits per heavy atom. The molecule has 5 nitrogen and oxygen atoms in total. The number of nitrogens with one attached hydrogen (secondary N) is 1. The molecule has 0 aliphatic heterocycles. The topological polar surface area (TPSA) is 80.9 Å². The zero-order valence-corrected chi connectivity index (χ0v) is 10.9. The van der Waals surface area contributed by atoms with Crippen LogP contribution in [-0.2, 0) is 10.3 Å². The fourth-order valence-electron chi connectivity index (χ4n) is 1.82. The average Bonchev–Trinajstić information content (AvgIpc) is 2.39. The monoisotopic (exact) mass is 256 g/mol. The van der Waals surface area contributed by atoms with Gasteiger partial charge in [-0.3, -0.25) is 14.8 Å². The van der Waals surface area contributed by atoms with Crippen LogP contribution in [0.4, 0.5) is 5.69 Å². The summed E-state index contributed by atoms with van der Waals surface area (Å²) in [4.78, 5) is 19.9. The van der Waals surface area contributed by atoms with Crippen molar-refractivity contribution in [3.63, 3.8) is 0 Å². The van der Waals surface area contributed by atoms with Crippen molar-refractivity contribution in [3.8, 4) is 0 Å². The molecule has 1 heterocycles. The molecule has 1 atom stereocenters. The Kier molecular flexibility index (Phi) is 3.46. The molecule has 5 heteroatoms. The first kappa shape index (κ1) is 13.0. The van der Waals surface area contributed by atoms with E-state index in [1.54, 1.807) is 13.1 Å². The molecule has 0 saturated heterocycles. The van der Waals surface area contributed by atoms with Gasteiger partial charge in [0.2, 0.25) is 5.91 Å². The fourth-order valence-corrected chi connectivity index (χ4v) is 1.82. The first-order valence-corrected chi connectivity index (χ1v) is 5.93. The third-order valence-corrected chi connectivity index (χ3v) is 2.98. The van der Waals surface area contributed by atoms with E-state index in [4.69, 9.17) is 5.73 Å². The summed E-state index contributed by atoms with van der Waals surface area (Å²) in [5.41, 5.74) is 6.82. The van der Waals surface area contributed by atoms with Crippen molar-refractivity contribution in [3.05, 3.63) is 54.1 Å². The number of carbonyl (C=O) groups excluding carboxylic acids is 1. The number of benzene rings is 1. The van der Waals surface area contributed by atoms with Crippen LogP contribution in [0, 0.1) is 6.92 Å². The van der Waals surface area contributed by atoms with Crippen LogP contribution < -0.4 is 11.1 Å². The minimum absolute atomic E-state index is 0.490. The van der Waals surface area contributed by atoms with Crippen molar-refractivity contribution in [2.75, 3.05) is 5.32 Å². The van der Waals surface area contributed by atoms with Crippen LogP contribution in [-0.4, -0.2) is 15.9 Å². The molecule has 2 rings (SSSR count). The van der Waals surface area contributed by atoms with E-state index in [9.17, 15) is 4.79 Å². The maximum Gasteiger partial charge on any atom is 0.249 e. The molecule has 1 aromatic carbocycles. The Balaban J connectivity index is 2.39. The van der Waals surface area contributed by atoms with Crippen molar-refractivity contribution in [1.29, 1.82) is 0 Å². The number of primary amides is 1. The van der Waals surface area contributed by atoms with Gasteiger partial charge in [-0.2, -0.15) is 0 Å². The number of hydrogen-bond donors (Lipinski definition) is 2. The quantitative estimate of drug-likeness (QED) is 0.870. The minimum atomic E-state index is -1.10. The van der Waals surface area contributed by atoms with Gasteiger partial charge in [0.1, 0.15) is 0 Å². The standard InChI is InChI=1S/C14H16N4O/c1-10-4-3-5-11(8-10)18-14(2,13(15)19)12-9-16-6-7-17-12/h3-9,18H,1-2H3,(H2,15,19). The van der Waals surface area contributed by atoms with Gasteiger partial charge in [0.05, 0.1) is 11.9 Å². The molecule has 19 heavy (non-hydrogen) atoms. The summed E-state index contributed by atoms with van der Waals surface area (Å²) in [5.74, 6) is -0.505. The summed E-state index contributed by atoms with van der Waals surface area (Å²) in [6.45, 7) is 3.68. The van der Waals surface area contributed by atoms with Crippen LogP contribution in [0.1, 0.15) is 18.2 Å². The highest BCUT2D eigenvalue weighted by atomic mass is 16.1. The van der Waals surface area contributed by atoms with Gasteiger partial charge in [-0.25, -0.2) is 0 Å². The van der Waals surface area contributed by atoms with Crippen molar-refractivity contribution in [1.82, 2.24) is 9.97 Å². The second kappa shape index (κ2) is 5.06. The summed E-state index contributed by atoms with van der Waals surface area (Å²) >= 11 is 0. The average molecular weight is 256 g/mol. The number of carbonyl (C=O) groups is 1. The number of hydrogen-bond acceptors (Lipinski definition) is 4. The van der Waals surface area contributed by atoms with Crippen LogP contribution >= 0.6 is 0 Å². The van der Waals surface area contributed by atoms with Crippen molar-refractivity contribution in [2.24, 2.45) is 5.73 Å². The lowest BCUT2D eigenvalue weighted by Crippen LogP contribution is -2.45. The lowest BCUT2D eigenvalue weighted by atomic mass is 9.96. The molecular weight excluding hydrogens is 240 g/mol. The van der Waals surface area contributed by atoms with Crippen molar-refractivity contribution >= 4 is 11.6 Å². The Morgan fingerprint density at radius 3 is 2.74 bits per heavy atom. The molecule has 98 valence electrons. The summed E-state index contributed by atoms with van der Waals surface area (Å²) < 4.78 is 0. The van der Waals surface area contributed by atoms with E-state index in [0.29, 0.717) is 5.69 Å². The molecule has 0 aliphatic carbocycles. The number of amides is 1. The zero-order chi connectivity index (χ0) is 13.9. The highest BCUT2D eigenvalue weighted by Crippen LogP contribution is 2.24. The smallest absolute Gasteiger partial charge is 0.249 e. The Morgan fingerprint density at radius 2 is 2.16 bits per heavy atom. The minimum Gasteiger partial charge on any atom is -0.367 e. The van der Waals surface area contributed by atoms with Gasteiger partial charge in [-0.1, -0.05) is 12.1 Å². The molecule has 0 spiro atoms. The van der Waals surface area contributed by atoms with Gasteiger partial charge < -0.3 is 11.1 Å². The van der Waals surface area contributed by atoms with Crippen LogP contribution in [0.2, 0.25) is 0 Å². The Hall–Kier alpha value is -2.43. The third kappa shape index (κ3) is 2.70. The van der Waals surface area contributed by atoms with E-state index in [0.717, 1.165) is 11.3 Å². The van der Waals surface area contributed by atoms with Crippen LogP contribution in [0.25, 0.3) is 0 Å². The maximum absolute atomic E-state index is 11.8. The van der Waals surface area contributed by atoms with Crippen molar-refractivity contribution < 1.29 is 4.79 Å². The van der Waals surface area contributed by atoms with E-state index in [1.807, 2.05) is 31.2 Å². The van der Waals surface area contributed by atoms with Gasteiger partial charge in [-0.05, 0) is 31.5 Å². The van der Waals surface area contributed by atoms with Crippen LogP contribution in [0.15, 0.2) is 42.9 Å². The van der Waals surface area contributed by atoms with Crippen LogP contribution in [0.5, 0.6) is 0 Å². The van der Waals surface area contributed by atoms with Gasteiger partial charge in [0.25, 0.3) is 0 Å². The van der Waals surface area contributed by atoms with E-state index in [1.165, 1.54) is 12.4 Å². The molecular formula is C14H16N4O. The highest BCUT2D eigenvalue weighted by Gasteiger charge is 2.34. The van der Waals surface area contributed by atoms with Gasteiger partial charge in [-0.15, -0.1) is 0 Å². The second-order valence-electron chi connectivity index (χ2n) is 4.57. The molecule has 0 radical (unpaired) electrons. The number of anilines is 1. The molecule has 1 aromatic heterocycles. The SMILES string of the molecule is Cc1cccc(NC(C)(C(N)=O)c2cnccn2)c1. The number of rotatable bonds is 4. The van der Waals surface area contributed by atoms with Crippen molar-refractivity contribution in [2.45, 2.75) is 19.4 Å². The molecule has 3 N–H and O–H groups in total. The molecule has 1 unspecified atom stereocenters. The van der Waals surface area contributed by atoms with Crippen LogP contribution in [0.3, 0.4) is 0 Å². The zero-order valence-electron chi connectivity index (χ0n) is 10.9. The van der Waals surface area contributed by atoms with Gasteiger partial charge >= 0.3 is 0 Å². The first-order chi connectivity index (χ1) is 9.02. The lowest BCUT2D eigenvalue weighted by Gasteiger charge is -2.27. The maximum atomic E-state index is 11.8. The number of nitrogens with two attached hydrogens (primary N) is 1. The largest absolute Gasteiger partial charge is 0.367 e. The highest BCUT2D eigenvalue weighted by molar-refractivity contribution is 5.88. The Bertz CT molecular complexity index is 585. The molecule has 2 aromatic rings. The summed E-state index contributed by atoms with van der Waals surface area (Å²) in [5, 5.41) is 3.13. The second-order valence-corrected chi connectivity index (χ2v) is 4.57. The summed E-state index contributed by atoms with van der Waals surface area (Å²) in [6, 6.07) is 7.72. The lowest BCUT2D eigenvalue weighted by molar-refractivity contribution is -0.122.